The molecule has 0 unspecified atom stereocenters. The fourth-order valence-corrected chi connectivity index (χ4v) is 4.63. The van der Waals surface area contributed by atoms with E-state index in [1.54, 1.807) is 18.3 Å². The molecule has 144 valence electrons. The molecule has 0 aliphatic heterocycles. The largest absolute Gasteiger partial charge is 0.410 e. The van der Waals surface area contributed by atoms with E-state index in [9.17, 15) is 10.1 Å². The summed E-state index contributed by atoms with van der Waals surface area (Å²) in [6.45, 7) is 7.82. The molecule has 6 nitrogen and oxygen atoms in total. The Morgan fingerprint density at radius 2 is 2.33 bits per heavy atom. The number of aromatic nitrogens is 2. The van der Waals surface area contributed by atoms with Gasteiger partial charge in [0.15, 0.2) is 0 Å². The SMILES string of the molecule is CC(C)[C@@](C)(C#N)NC(=O)CSc1nnc(-c2cc3c(s2)CC[C@@H](C)C3)o1. The summed E-state index contributed by atoms with van der Waals surface area (Å²) in [7, 11) is 0. The van der Waals surface area contributed by atoms with Crippen LogP contribution >= 0.6 is 23.1 Å². The van der Waals surface area contributed by atoms with E-state index in [0.717, 1.165) is 23.6 Å². The minimum atomic E-state index is -0.884. The van der Waals surface area contributed by atoms with Crippen LogP contribution in [0, 0.1) is 23.2 Å². The molecule has 1 aliphatic rings. The van der Waals surface area contributed by atoms with Crippen LogP contribution < -0.4 is 5.32 Å². The number of hydrogen-bond acceptors (Lipinski definition) is 7. The average molecular weight is 405 g/mol. The van der Waals surface area contributed by atoms with Gasteiger partial charge in [0.2, 0.25) is 5.91 Å². The molecule has 1 N–H and O–H groups in total. The van der Waals surface area contributed by atoms with Crippen LogP contribution in [0.4, 0.5) is 0 Å². The molecule has 0 aromatic carbocycles. The summed E-state index contributed by atoms with van der Waals surface area (Å²) in [6.07, 6.45) is 3.45. The number of aryl methyl sites for hydroxylation is 1. The second kappa shape index (κ2) is 8.03. The van der Waals surface area contributed by atoms with Crippen molar-refractivity contribution in [2.45, 2.75) is 57.7 Å². The van der Waals surface area contributed by atoms with Crippen molar-refractivity contribution in [2.75, 3.05) is 5.75 Å². The maximum absolute atomic E-state index is 12.2. The number of hydrogen-bond donors (Lipinski definition) is 1. The average Bonchev–Trinajstić information content (AvgIpc) is 3.25. The summed E-state index contributed by atoms with van der Waals surface area (Å²) in [6, 6.07) is 4.33. The number of fused-ring (bicyclic) bond motifs is 1. The molecule has 2 heterocycles. The van der Waals surface area contributed by atoms with Crippen LogP contribution in [-0.2, 0) is 17.6 Å². The summed E-state index contributed by atoms with van der Waals surface area (Å²) < 4.78 is 5.73. The topological polar surface area (TPSA) is 91.8 Å². The third kappa shape index (κ3) is 4.53. The first-order valence-electron chi connectivity index (χ1n) is 9.11. The highest BCUT2D eigenvalue weighted by atomic mass is 32.2. The highest BCUT2D eigenvalue weighted by Crippen LogP contribution is 2.37. The molecule has 0 fully saturated rings. The van der Waals surface area contributed by atoms with Crippen LogP contribution in [0.1, 0.15) is 44.6 Å². The van der Waals surface area contributed by atoms with Gasteiger partial charge in [-0.1, -0.05) is 32.5 Å². The van der Waals surface area contributed by atoms with Crippen molar-refractivity contribution in [3.8, 4) is 16.8 Å². The zero-order chi connectivity index (χ0) is 19.6. The minimum absolute atomic E-state index is 0.0130. The smallest absolute Gasteiger partial charge is 0.277 e. The Bertz CT molecular complexity index is 867. The number of carbonyl (C=O) groups is 1. The Morgan fingerprint density at radius 3 is 3.04 bits per heavy atom. The first-order valence-corrected chi connectivity index (χ1v) is 10.9. The van der Waals surface area contributed by atoms with E-state index in [0.29, 0.717) is 11.1 Å². The molecular formula is C19H24N4O2S2. The van der Waals surface area contributed by atoms with Gasteiger partial charge in [-0.05, 0) is 49.7 Å². The van der Waals surface area contributed by atoms with Crippen LogP contribution in [0.5, 0.6) is 0 Å². The van der Waals surface area contributed by atoms with E-state index in [1.165, 1.54) is 28.6 Å². The van der Waals surface area contributed by atoms with Crippen molar-refractivity contribution in [3.63, 3.8) is 0 Å². The highest BCUT2D eigenvalue weighted by molar-refractivity contribution is 7.99. The van der Waals surface area contributed by atoms with E-state index in [-0.39, 0.29) is 17.6 Å². The number of thiophene rings is 1. The van der Waals surface area contributed by atoms with E-state index in [4.69, 9.17) is 4.42 Å². The van der Waals surface area contributed by atoms with Crippen molar-refractivity contribution in [3.05, 3.63) is 16.5 Å². The number of rotatable bonds is 6. The Labute approximate surface area is 167 Å². The molecule has 3 rings (SSSR count). The molecule has 1 amide bonds. The predicted octanol–water partition coefficient (Wildman–Crippen LogP) is 4.07. The van der Waals surface area contributed by atoms with Crippen molar-refractivity contribution < 1.29 is 9.21 Å². The van der Waals surface area contributed by atoms with Crippen LogP contribution in [-0.4, -0.2) is 27.4 Å². The standard InChI is InChI=1S/C19H24N4O2S2/c1-11(2)19(4,10-20)21-16(24)9-26-18-23-22-17(25-18)15-8-13-7-12(3)5-6-14(13)27-15/h8,11-12H,5-7,9H2,1-4H3,(H,21,24)/t12-,19-/m1/s1. The van der Waals surface area contributed by atoms with Gasteiger partial charge in [-0.25, -0.2) is 0 Å². The molecule has 0 spiro atoms. The maximum Gasteiger partial charge on any atom is 0.277 e. The van der Waals surface area contributed by atoms with Gasteiger partial charge in [0.25, 0.3) is 11.1 Å². The zero-order valence-corrected chi connectivity index (χ0v) is 17.7. The van der Waals surface area contributed by atoms with Gasteiger partial charge < -0.3 is 9.73 Å². The quantitative estimate of drug-likeness (QED) is 0.730. The third-order valence-corrected chi connectivity index (χ3v) is 7.10. The number of nitriles is 1. The van der Waals surface area contributed by atoms with Crippen LogP contribution in [0.2, 0.25) is 0 Å². The lowest BCUT2D eigenvalue weighted by Crippen LogP contribution is -2.49. The van der Waals surface area contributed by atoms with Crippen LogP contribution in [0.15, 0.2) is 15.7 Å². The molecule has 0 radical (unpaired) electrons. The van der Waals surface area contributed by atoms with Crippen LogP contribution in [0.25, 0.3) is 10.8 Å². The summed E-state index contributed by atoms with van der Waals surface area (Å²) in [5.41, 5.74) is 0.509. The molecule has 2 atom stereocenters. The number of nitrogens with zero attached hydrogens (tertiary/aromatic N) is 3. The van der Waals surface area contributed by atoms with E-state index in [2.05, 4.69) is 34.6 Å². The summed E-state index contributed by atoms with van der Waals surface area (Å²) in [5.74, 6) is 1.15. The second-order valence-electron chi connectivity index (χ2n) is 7.59. The lowest BCUT2D eigenvalue weighted by atomic mass is 9.90. The van der Waals surface area contributed by atoms with Gasteiger partial charge in [-0.2, -0.15) is 5.26 Å². The van der Waals surface area contributed by atoms with Gasteiger partial charge in [0.05, 0.1) is 16.7 Å². The maximum atomic E-state index is 12.2. The van der Waals surface area contributed by atoms with Gasteiger partial charge >= 0.3 is 0 Å². The van der Waals surface area contributed by atoms with E-state index in [1.807, 2.05) is 13.8 Å². The summed E-state index contributed by atoms with van der Waals surface area (Å²) >= 11 is 2.91. The Kier molecular flexibility index (Phi) is 5.92. The lowest BCUT2D eigenvalue weighted by Gasteiger charge is -2.27. The fraction of sp³-hybridized carbons (Fsp3) is 0.579. The van der Waals surface area contributed by atoms with E-state index < -0.39 is 5.54 Å². The molecule has 0 saturated carbocycles. The monoisotopic (exact) mass is 404 g/mol. The number of amides is 1. The molecule has 8 heteroatoms. The van der Waals surface area contributed by atoms with Gasteiger partial charge in [0.1, 0.15) is 5.54 Å². The van der Waals surface area contributed by atoms with Crippen molar-refractivity contribution in [1.29, 1.82) is 5.26 Å². The second-order valence-corrected chi connectivity index (χ2v) is 9.65. The molecule has 2 aromatic heterocycles. The Morgan fingerprint density at radius 1 is 1.56 bits per heavy atom. The highest BCUT2D eigenvalue weighted by Gasteiger charge is 2.30. The van der Waals surface area contributed by atoms with Crippen molar-refractivity contribution in [2.24, 2.45) is 11.8 Å². The lowest BCUT2D eigenvalue weighted by molar-refractivity contribution is -0.120. The molecular weight excluding hydrogens is 380 g/mol. The summed E-state index contributed by atoms with van der Waals surface area (Å²) in [4.78, 5) is 14.6. The molecule has 2 aromatic rings. The van der Waals surface area contributed by atoms with E-state index >= 15 is 0 Å². The first-order chi connectivity index (χ1) is 12.8. The Hall–Kier alpha value is -1.85. The molecule has 0 saturated heterocycles. The molecule has 0 bridgehead atoms. The first kappa shape index (κ1) is 19.9. The van der Waals surface area contributed by atoms with Crippen molar-refractivity contribution in [1.82, 2.24) is 15.5 Å². The normalized spacial score (nSPS) is 18.6. The third-order valence-electron chi connectivity index (χ3n) is 5.06. The van der Waals surface area contributed by atoms with Gasteiger partial charge in [-0.15, -0.1) is 21.5 Å². The molecule has 27 heavy (non-hydrogen) atoms. The van der Waals surface area contributed by atoms with Crippen molar-refractivity contribution >= 4 is 29.0 Å². The van der Waals surface area contributed by atoms with Gasteiger partial charge in [0, 0.05) is 4.88 Å². The number of thioether (sulfide) groups is 1. The number of nitrogens with one attached hydrogen (secondary N) is 1. The molecule has 1 aliphatic carbocycles. The Balaban J connectivity index is 1.60. The van der Waals surface area contributed by atoms with Gasteiger partial charge in [-0.3, -0.25) is 4.79 Å². The minimum Gasteiger partial charge on any atom is -0.410 e. The van der Waals surface area contributed by atoms with Crippen LogP contribution in [0.3, 0.4) is 0 Å². The predicted molar refractivity (Wildman–Crippen MR) is 107 cm³/mol. The zero-order valence-electron chi connectivity index (χ0n) is 16.0. The fourth-order valence-electron chi connectivity index (χ4n) is 2.93. The summed E-state index contributed by atoms with van der Waals surface area (Å²) in [5, 5.41) is 20.6. The number of carbonyl (C=O) groups excluding carboxylic acids is 1.